The van der Waals surface area contributed by atoms with Gasteiger partial charge in [-0.15, -0.1) is 0 Å². The van der Waals surface area contributed by atoms with Crippen LogP contribution in [0.5, 0.6) is 0 Å². The van der Waals surface area contributed by atoms with E-state index < -0.39 is 5.97 Å². The number of rotatable bonds is 3. The minimum atomic E-state index is -0.996. The molecule has 1 unspecified atom stereocenters. The molecule has 0 aliphatic carbocycles. The first-order valence-corrected chi connectivity index (χ1v) is 6.66. The van der Waals surface area contributed by atoms with Crippen LogP contribution in [0.15, 0.2) is 24.3 Å². The molecule has 1 N–H and O–H groups in total. The minimum absolute atomic E-state index is 0.000810. The predicted molar refractivity (Wildman–Crippen MR) is 72.4 cm³/mol. The Kier molecular flexibility index (Phi) is 3.90. The number of carbonyl (C=O) groups excluding carboxylic acids is 2. The first kappa shape index (κ1) is 13.6. The van der Waals surface area contributed by atoms with Gasteiger partial charge >= 0.3 is 5.97 Å². The largest absolute Gasteiger partial charge is 0.478 e. The third kappa shape index (κ3) is 3.14. The summed E-state index contributed by atoms with van der Waals surface area (Å²) >= 11 is 1.18. The van der Waals surface area contributed by atoms with Crippen molar-refractivity contribution in [2.45, 2.75) is 18.6 Å². The molecular formula is C13H13NO4S. The normalized spacial score (nSPS) is 18.7. The molecule has 0 spiro atoms. The summed E-state index contributed by atoms with van der Waals surface area (Å²) in [6.45, 7) is 1.97. The number of anilines is 1. The smallest absolute Gasteiger partial charge is 0.335 e. The molecule has 5 nitrogen and oxygen atoms in total. The molecule has 0 saturated carbocycles. The molecule has 1 aliphatic heterocycles. The second kappa shape index (κ2) is 5.44. The van der Waals surface area contributed by atoms with E-state index in [4.69, 9.17) is 5.11 Å². The fourth-order valence-corrected chi connectivity index (χ4v) is 2.94. The standard InChI is InChI=1S/C13H13NO4S/c1-8(15)19-11-6-12(16)14(7-11)10-4-2-9(3-5-10)13(17)18/h2-5,11H,6-7H2,1H3,(H,17,18). The number of thioether (sulfide) groups is 1. The number of carboxylic acid groups (broad SMARTS) is 1. The zero-order chi connectivity index (χ0) is 14.0. The maximum Gasteiger partial charge on any atom is 0.335 e. The van der Waals surface area contributed by atoms with E-state index in [1.54, 1.807) is 17.0 Å². The molecule has 6 heteroatoms. The lowest BCUT2D eigenvalue weighted by Crippen LogP contribution is -2.24. The van der Waals surface area contributed by atoms with Gasteiger partial charge in [0.05, 0.1) is 5.56 Å². The highest BCUT2D eigenvalue weighted by Crippen LogP contribution is 2.28. The Labute approximate surface area is 114 Å². The van der Waals surface area contributed by atoms with E-state index in [-0.39, 0.29) is 21.8 Å². The van der Waals surface area contributed by atoms with Crippen LogP contribution in [-0.4, -0.2) is 33.9 Å². The summed E-state index contributed by atoms with van der Waals surface area (Å²) in [6, 6.07) is 6.16. The number of benzene rings is 1. The van der Waals surface area contributed by atoms with Gasteiger partial charge in [-0.25, -0.2) is 4.79 Å². The van der Waals surface area contributed by atoms with Crippen molar-refractivity contribution in [2.24, 2.45) is 0 Å². The summed E-state index contributed by atoms with van der Waals surface area (Å²) in [5.41, 5.74) is 0.853. The van der Waals surface area contributed by atoms with Crippen LogP contribution in [0.3, 0.4) is 0 Å². The molecule has 1 saturated heterocycles. The summed E-state index contributed by atoms with van der Waals surface area (Å²) in [7, 11) is 0. The molecule has 19 heavy (non-hydrogen) atoms. The number of aromatic carboxylic acids is 1. The predicted octanol–water partition coefficient (Wildman–Crippen LogP) is 1.77. The fraction of sp³-hybridized carbons (Fsp3) is 0.308. The third-order valence-corrected chi connectivity index (χ3v) is 3.83. The molecule has 0 radical (unpaired) electrons. The summed E-state index contributed by atoms with van der Waals surface area (Å²) in [5, 5.41) is 8.79. The lowest BCUT2D eigenvalue weighted by Gasteiger charge is -2.16. The first-order valence-electron chi connectivity index (χ1n) is 5.78. The average molecular weight is 279 g/mol. The highest BCUT2D eigenvalue weighted by molar-refractivity contribution is 8.14. The number of hydrogen-bond acceptors (Lipinski definition) is 4. The molecule has 0 bridgehead atoms. The van der Waals surface area contributed by atoms with Crippen molar-refractivity contribution < 1.29 is 19.5 Å². The van der Waals surface area contributed by atoms with Gasteiger partial charge in [-0.3, -0.25) is 9.59 Å². The molecular weight excluding hydrogens is 266 g/mol. The Balaban J connectivity index is 2.11. The van der Waals surface area contributed by atoms with Crippen LogP contribution < -0.4 is 4.90 Å². The maximum absolute atomic E-state index is 11.9. The van der Waals surface area contributed by atoms with Gasteiger partial charge in [0.25, 0.3) is 0 Å². The fourth-order valence-electron chi connectivity index (χ4n) is 2.02. The molecule has 1 heterocycles. The molecule has 1 atom stereocenters. The van der Waals surface area contributed by atoms with Gasteiger partial charge in [0, 0.05) is 30.8 Å². The van der Waals surface area contributed by atoms with Gasteiger partial charge in [0.15, 0.2) is 5.12 Å². The van der Waals surface area contributed by atoms with Crippen molar-refractivity contribution in [3.63, 3.8) is 0 Å². The van der Waals surface area contributed by atoms with E-state index in [1.165, 1.54) is 30.8 Å². The molecule has 100 valence electrons. The molecule has 2 rings (SSSR count). The minimum Gasteiger partial charge on any atom is -0.478 e. The molecule has 1 aromatic carbocycles. The van der Waals surface area contributed by atoms with E-state index in [9.17, 15) is 14.4 Å². The molecule has 1 amide bonds. The highest BCUT2D eigenvalue weighted by atomic mass is 32.2. The Morgan fingerprint density at radius 1 is 1.32 bits per heavy atom. The number of hydrogen-bond donors (Lipinski definition) is 1. The van der Waals surface area contributed by atoms with Gasteiger partial charge in [-0.2, -0.15) is 0 Å². The van der Waals surface area contributed by atoms with Crippen LogP contribution >= 0.6 is 11.8 Å². The van der Waals surface area contributed by atoms with Crippen LogP contribution in [0.1, 0.15) is 23.7 Å². The zero-order valence-corrected chi connectivity index (χ0v) is 11.1. The van der Waals surface area contributed by atoms with Gasteiger partial charge in [-0.1, -0.05) is 11.8 Å². The van der Waals surface area contributed by atoms with Crippen LogP contribution in [0.4, 0.5) is 5.69 Å². The second-order valence-electron chi connectivity index (χ2n) is 4.29. The monoisotopic (exact) mass is 279 g/mol. The Hall–Kier alpha value is -1.82. The lowest BCUT2D eigenvalue weighted by atomic mass is 10.2. The van der Waals surface area contributed by atoms with Crippen LogP contribution in [0.2, 0.25) is 0 Å². The topological polar surface area (TPSA) is 74.7 Å². The Morgan fingerprint density at radius 2 is 1.95 bits per heavy atom. The molecule has 1 aliphatic rings. The third-order valence-electron chi connectivity index (χ3n) is 2.85. The number of carbonyl (C=O) groups is 3. The van der Waals surface area contributed by atoms with Crippen molar-refractivity contribution in [1.82, 2.24) is 0 Å². The lowest BCUT2D eigenvalue weighted by molar-refractivity contribution is -0.117. The maximum atomic E-state index is 11.9. The summed E-state index contributed by atoms with van der Waals surface area (Å²) < 4.78 is 0. The number of carboxylic acids is 1. The van der Waals surface area contributed by atoms with E-state index in [0.717, 1.165) is 0 Å². The van der Waals surface area contributed by atoms with Gasteiger partial charge < -0.3 is 10.0 Å². The molecule has 1 fully saturated rings. The van der Waals surface area contributed by atoms with Crippen LogP contribution in [0, 0.1) is 0 Å². The van der Waals surface area contributed by atoms with Crippen molar-refractivity contribution in [3.8, 4) is 0 Å². The van der Waals surface area contributed by atoms with E-state index >= 15 is 0 Å². The quantitative estimate of drug-likeness (QED) is 0.912. The number of amides is 1. The van der Waals surface area contributed by atoms with Crippen molar-refractivity contribution in [2.75, 3.05) is 11.4 Å². The van der Waals surface area contributed by atoms with Crippen molar-refractivity contribution in [1.29, 1.82) is 0 Å². The summed E-state index contributed by atoms with van der Waals surface area (Å²) in [5.74, 6) is -1.04. The van der Waals surface area contributed by atoms with Gasteiger partial charge in [-0.05, 0) is 24.3 Å². The Morgan fingerprint density at radius 3 is 2.47 bits per heavy atom. The van der Waals surface area contributed by atoms with E-state index in [1.807, 2.05) is 0 Å². The molecule has 1 aromatic rings. The molecule has 0 aromatic heterocycles. The first-order chi connectivity index (χ1) is 8.97. The van der Waals surface area contributed by atoms with Crippen molar-refractivity contribution in [3.05, 3.63) is 29.8 Å². The van der Waals surface area contributed by atoms with Gasteiger partial charge in [0.1, 0.15) is 0 Å². The average Bonchev–Trinajstić information content (AvgIpc) is 2.69. The van der Waals surface area contributed by atoms with Gasteiger partial charge in [0.2, 0.25) is 5.91 Å². The van der Waals surface area contributed by atoms with E-state index in [2.05, 4.69) is 0 Å². The summed E-state index contributed by atoms with van der Waals surface area (Å²) in [4.78, 5) is 35.2. The van der Waals surface area contributed by atoms with Crippen LogP contribution in [-0.2, 0) is 9.59 Å². The second-order valence-corrected chi connectivity index (χ2v) is 5.77. The number of nitrogens with zero attached hydrogens (tertiary/aromatic N) is 1. The Bertz CT molecular complexity index is 526. The SMILES string of the molecule is CC(=O)SC1CC(=O)N(c2ccc(C(=O)O)cc2)C1. The van der Waals surface area contributed by atoms with Crippen molar-refractivity contribution >= 4 is 34.4 Å². The highest BCUT2D eigenvalue weighted by Gasteiger charge is 2.31. The van der Waals surface area contributed by atoms with Crippen LogP contribution in [0.25, 0.3) is 0 Å². The zero-order valence-electron chi connectivity index (χ0n) is 10.3. The van der Waals surface area contributed by atoms with E-state index in [0.29, 0.717) is 18.7 Å². The summed E-state index contributed by atoms with van der Waals surface area (Å²) in [6.07, 6.45) is 0.338.